The van der Waals surface area contributed by atoms with Crippen molar-refractivity contribution < 1.29 is 26.2 Å². The van der Waals surface area contributed by atoms with E-state index in [-0.39, 0.29) is 26.5 Å². The first kappa shape index (κ1) is 29.9. The van der Waals surface area contributed by atoms with E-state index in [4.69, 9.17) is 0 Å². The van der Waals surface area contributed by atoms with Crippen LogP contribution in [0.4, 0.5) is 5.69 Å². The molecular weight excluding hydrogens is 673 g/mol. The van der Waals surface area contributed by atoms with E-state index in [9.17, 15) is 5.11 Å². The van der Waals surface area contributed by atoms with Crippen LogP contribution in [0.2, 0.25) is 0 Å². The number of nitrogens with one attached hydrogen (secondary N) is 1. The van der Waals surface area contributed by atoms with Crippen molar-refractivity contribution in [1.29, 1.82) is 0 Å². The average Bonchev–Trinajstić information content (AvgIpc) is 3.57. The summed E-state index contributed by atoms with van der Waals surface area (Å²) in [5.41, 5.74) is 9.77. The molecule has 0 aromatic heterocycles. The number of rotatable bonds is 8. The van der Waals surface area contributed by atoms with Gasteiger partial charge >= 0.3 is 21.1 Å². The number of aryl methyl sites for hydroxylation is 2. The minimum Gasteiger partial charge on any atom is -0.521 e. The van der Waals surface area contributed by atoms with Crippen molar-refractivity contribution in [1.82, 2.24) is 5.32 Å². The fourth-order valence-electron chi connectivity index (χ4n) is 5.21. The average molecular weight is 713 g/mol. The Labute approximate surface area is 254 Å². The van der Waals surface area contributed by atoms with Gasteiger partial charge < -0.3 is 20.3 Å². The Balaban J connectivity index is 0.00000370. The van der Waals surface area contributed by atoms with Crippen molar-refractivity contribution in [2.24, 2.45) is 10.4 Å². The largest absolute Gasteiger partial charge is 2.00 e. The monoisotopic (exact) mass is 712 g/mol. The molecule has 2 aliphatic heterocycles. The van der Waals surface area contributed by atoms with E-state index in [0.717, 1.165) is 40.1 Å². The molecule has 2 heterocycles. The third-order valence-corrected chi connectivity index (χ3v) is 7.72. The Morgan fingerprint density at radius 1 is 0.975 bits per heavy atom. The summed E-state index contributed by atoms with van der Waals surface area (Å²) in [6.07, 6.45) is 9.29. The normalized spacial score (nSPS) is 15.5. The second kappa shape index (κ2) is 12.2. The number of allylic oxidation sites excluding steroid dienone is 1. The van der Waals surface area contributed by atoms with Crippen LogP contribution in [0.15, 0.2) is 78.2 Å². The minimum absolute atomic E-state index is 0. The van der Waals surface area contributed by atoms with E-state index in [1.54, 1.807) is 0 Å². The number of phenols is 1. The predicted molar refractivity (Wildman–Crippen MR) is 163 cm³/mol. The maximum atomic E-state index is 11.4. The van der Waals surface area contributed by atoms with Gasteiger partial charge in [-0.25, -0.2) is 0 Å². The smallest absolute Gasteiger partial charge is 0.521 e. The maximum absolute atomic E-state index is 11.4. The fourth-order valence-corrected chi connectivity index (χ4v) is 5.21. The molecule has 5 rings (SSSR count). The number of hydrogen-bond donors (Lipinski definition) is 2. The molecule has 3 aromatic rings. The molecule has 0 unspecified atom stereocenters. The second-order valence-electron chi connectivity index (χ2n) is 11.8. The van der Waals surface area contributed by atoms with E-state index >= 15 is 0 Å². The number of aliphatic imine (C=N–C) groups is 1. The summed E-state index contributed by atoms with van der Waals surface area (Å²) in [6.45, 7) is 15.2. The molecule has 2 N–H and O–H groups in total. The summed E-state index contributed by atoms with van der Waals surface area (Å²) in [4.78, 5) is 6.56. The molecule has 5 heteroatoms. The molecular formula is C35H39N3OPt. The topological polar surface area (TPSA) is 47.9 Å². The van der Waals surface area contributed by atoms with Crippen molar-refractivity contribution in [3.8, 4) is 16.9 Å². The van der Waals surface area contributed by atoms with Gasteiger partial charge in [-0.1, -0.05) is 65.8 Å². The first-order chi connectivity index (χ1) is 18.6. The van der Waals surface area contributed by atoms with Gasteiger partial charge in [-0.05, 0) is 88.2 Å². The molecule has 0 spiro atoms. The summed E-state index contributed by atoms with van der Waals surface area (Å²) < 4.78 is 0. The molecule has 4 nitrogen and oxygen atoms in total. The molecule has 0 bridgehead atoms. The van der Waals surface area contributed by atoms with Crippen molar-refractivity contribution in [2.45, 2.75) is 66.2 Å². The van der Waals surface area contributed by atoms with Gasteiger partial charge in [-0.15, -0.1) is 35.4 Å². The van der Waals surface area contributed by atoms with Crippen LogP contribution in [-0.4, -0.2) is 10.8 Å². The first-order valence-corrected chi connectivity index (χ1v) is 14.0. The summed E-state index contributed by atoms with van der Waals surface area (Å²) in [5, 5.41) is 14.5. The molecule has 2 aliphatic rings. The van der Waals surface area contributed by atoms with Crippen LogP contribution in [0.5, 0.6) is 5.75 Å². The molecule has 0 fully saturated rings. The van der Waals surface area contributed by atoms with Crippen LogP contribution in [0.1, 0.15) is 81.2 Å². The van der Waals surface area contributed by atoms with Gasteiger partial charge in [0.05, 0.1) is 5.69 Å². The Morgan fingerprint density at radius 2 is 1.68 bits per heavy atom. The minimum atomic E-state index is -0.0935. The Hall–Kier alpha value is -3.10. The SMILES string of the molecule is CC(C)c1cc(-c2cc(CCc3[c-]c(C4=NC=CC4(C)C)ccc3)c(O)c(N3C=CN[CH-]3)c2)cc(C(C)C)c1.[Pt+2]. The molecule has 0 atom stereocenters. The van der Waals surface area contributed by atoms with E-state index in [0.29, 0.717) is 24.0 Å². The number of nitrogens with zero attached hydrogens (tertiary/aromatic N) is 2. The summed E-state index contributed by atoms with van der Waals surface area (Å²) >= 11 is 0. The zero-order valence-electron chi connectivity index (χ0n) is 24.2. The van der Waals surface area contributed by atoms with Crippen LogP contribution < -0.4 is 10.2 Å². The van der Waals surface area contributed by atoms with E-state index in [1.807, 2.05) is 30.2 Å². The summed E-state index contributed by atoms with van der Waals surface area (Å²) in [5.74, 6) is 1.18. The summed E-state index contributed by atoms with van der Waals surface area (Å²) in [7, 11) is 0. The van der Waals surface area contributed by atoms with Crippen LogP contribution >= 0.6 is 0 Å². The molecule has 0 aliphatic carbocycles. The first-order valence-electron chi connectivity index (χ1n) is 14.0. The van der Waals surface area contributed by atoms with Crippen molar-refractivity contribution in [2.75, 3.05) is 4.90 Å². The summed E-state index contributed by atoms with van der Waals surface area (Å²) in [6, 6.07) is 21.1. The number of benzene rings is 3. The van der Waals surface area contributed by atoms with Crippen molar-refractivity contribution in [3.63, 3.8) is 0 Å². The third kappa shape index (κ3) is 6.28. The number of phenolic OH excluding ortho intramolecular Hbond substituents is 1. The van der Waals surface area contributed by atoms with Gasteiger partial charge in [0.1, 0.15) is 5.75 Å². The molecule has 3 aromatic carbocycles. The van der Waals surface area contributed by atoms with Gasteiger partial charge in [0.25, 0.3) is 0 Å². The van der Waals surface area contributed by atoms with Gasteiger partial charge in [0, 0.05) is 6.20 Å². The quantitative estimate of drug-likeness (QED) is 0.232. The zero-order chi connectivity index (χ0) is 27.7. The number of anilines is 1. The number of hydrogen-bond acceptors (Lipinski definition) is 4. The molecule has 0 radical (unpaired) electrons. The Morgan fingerprint density at radius 3 is 2.27 bits per heavy atom. The van der Waals surface area contributed by atoms with Gasteiger partial charge in [0.2, 0.25) is 0 Å². The fraction of sp³-hybridized carbons (Fsp3) is 0.314. The third-order valence-electron chi connectivity index (χ3n) is 7.72. The molecule has 210 valence electrons. The standard InChI is InChI=1S/C35H39N3O.Pt/c1-23(2)28-18-29(24(3)4)20-30(19-28)31-17-26(33(39)32(21-31)38-15-14-36-22-38)11-10-25-8-7-9-27(16-25)34-35(5,6)12-13-37-34;/h7-9,12-15,17-24,36,39H,10-11H2,1-6H3;/q-2;+2. The van der Waals surface area contributed by atoms with Gasteiger partial charge in [0.15, 0.2) is 0 Å². The molecule has 0 saturated carbocycles. The van der Waals surface area contributed by atoms with Gasteiger partial charge in [-0.2, -0.15) is 6.67 Å². The van der Waals surface area contributed by atoms with E-state index in [2.05, 4.69) is 113 Å². The van der Waals surface area contributed by atoms with Crippen LogP contribution in [0.3, 0.4) is 0 Å². The van der Waals surface area contributed by atoms with E-state index in [1.165, 1.54) is 16.7 Å². The van der Waals surface area contributed by atoms with Crippen LogP contribution in [-0.2, 0) is 33.9 Å². The molecule has 0 amide bonds. The van der Waals surface area contributed by atoms with Crippen LogP contribution in [0.25, 0.3) is 11.1 Å². The van der Waals surface area contributed by atoms with Gasteiger partial charge in [-0.3, -0.25) is 0 Å². The Kier molecular flexibility index (Phi) is 9.10. The molecule has 0 saturated heterocycles. The van der Waals surface area contributed by atoms with Crippen molar-refractivity contribution in [3.05, 3.63) is 114 Å². The Bertz CT molecular complexity index is 1440. The van der Waals surface area contributed by atoms with Crippen LogP contribution in [0, 0.1) is 18.2 Å². The number of aromatic hydroxyl groups is 1. The van der Waals surface area contributed by atoms with E-state index < -0.39 is 0 Å². The maximum Gasteiger partial charge on any atom is 2.00 e. The molecule has 40 heavy (non-hydrogen) atoms. The second-order valence-corrected chi connectivity index (χ2v) is 11.8. The zero-order valence-corrected chi connectivity index (χ0v) is 26.5. The predicted octanol–water partition coefficient (Wildman–Crippen LogP) is 8.23. The van der Waals surface area contributed by atoms with Crippen molar-refractivity contribution >= 4 is 11.4 Å².